The van der Waals surface area contributed by atoms with Crippen LogP contribution in [0.3, 0.4) is 0 Å². The number of thiazole rings is 1. The molecule has 0 aliphatic carbocycles. The summed E-state index contributed by atoms with van der Waals surface area (Å²) in [6.07, 6.45) is 5.08. The van der Waals surface area contributed by atoms with Gasteiger partial charge in [0.15, 0.2) is 0 Å². The van der Waals surface area contributed by atoms with Crippen LogP contribution in [0.1, 0.15) is 15.6 Å². The Hall–Kier alpha value is -1.72. The van der Waals surface area contributed by atoms with E-state index in [-0.39, 0.29) is 5.91 Å². The molecular formula is C15H16N2OS2. The van der Waals surface area contributed by atoms with Crippen molar-refractivity contribution in [3.05, 3.63) is 57.2 Å². The molecule has 2 aromatic heterocycles. The second-order valence-corrected chi connectivity index (χ2v) is 6.31. The quantitative estimate of drug-likeness (QED) is 0.601. The minimum absolute atomic E-state index is 0.0241. The number of carbonyl (C=O) groups excluding carboxylic acids is 1. The van der Waals surface area contributed by atoms with Gasteiger partial charge in [-0.25, -0.2) is 4.98 Å². The van der Waals surface area contributed by atoms with E-state index in [0.717, 1.165) is 15.6 Å². The molecule has 0 saturated heterocycles. The van der Waals surface area contributed by atoms with Crippen LogP contribution in [-0.4, -0.2) is 22.3 Å². The number of carbonyl (C=O) groups is 1. The van der Waals surface area contributed by atoms with Gasteiger partial charge in [-0.1, -0.05) is 12.1 Å². The summed E-state index contributed by atoms with van der Waals surface area (Å²) in [6.45, 7) is 6.81. The molecule has 0 unspecified atom stereocenters. The minimum atomic E-state index is -0.0241. The number of aromatic nitrogens is 1. The van der Waals surface area contributed by atoms with Gasteiger partial charge in [-0.3, -0.25) is 4.79 Å². The fourth-order valence-electron chi connectivity index (χ4n) is 1.70. The summed E-state index contributed by atoms with van der Waals surface area (Å²) in [7, 11) is 0. The van der Waals surface area contributed by atoms with Crippen molar-refractivity contribution in [3.63, 3.8) is 0 Å². The van der Waals surface area contributed by atoms with Crippen molar-refractivity contribution in [2.75, 3.05) is 6.54 Å². The van der Waals surface area contributed by atoms with E-state index in [1.54, 1.807) is 45.8 Å². The molecular weight excluding hydrogens is 288 g/mol. The van der Waals surface area contributed by atoms with Gasteiger partial charge in [0.2, 0.25) is 5.91 Å². The molecule has 20 heavy (non-hydrogen) atoms. The lowest BCUT2D eigenvalue weighted by atomic mass is 10.3. The van der Waals surface area contributed by atoms with Crippen LogP contribution in [0, 0.1) is 6.92 Å². The SMILES string of the molecule is C=CCN(Cc1cccs1)C(=O)/C=C/c1csc(C)n1. The summed E-state index contributed by atoms with van der Waals surface area (Å²) < 4.78 is 0. The van der Waals surface area contributed by atoms with E-state index in [4.69, 9.17) is 0 Å². The van der Waals surface area contributed by atoms with Gasteiger partial charge >= 0.3 is 0 Å². The minimum Gasteiger partial charge on any atom is -0.330 e. The second kappa shape index (κ2) is 7.17. The van der Waals surface area contributed by atoms with Gasteiger partial charge < -0.3 is 4.90 Å². The molecule has 0 spiro atoms. The summed E-state index contributed by atoms with van der Waals surface area (Å²) >= 11 is 3.23. The molecule has 2 heterocycles. The van der Waals surface area contributed by atoms with E-state index < -0.39 is 0 Å². The first kappa shape index (κ1) is 14.7. The number of hydrogen-bond donors (Lipinski definition) is 0. The van der Waals surface area contributed by atoms with Crippen molar-refractivity contribution in [3.8, 4) is 0 Å². The number of aryl methyl sites for hydroxylation is 1. The number of thiophene rings is 1. The van der Waals surface area contributed by atoms with Crippen LogP contribution in [-0.2, 0) is 11.3 Å². The summed E-state index contributed by atoms with van der Waals surface area (Å²) in [6, 6.07) is 4.02. The van der Waals surface area contributed by atoms with Gasteiger partial charge in [0.25, 0.3) is 0 Å². The molecule has 0 atom stereocenters. The van der Waals surface area contributed by atoms with E-state index in [1.807, 2.05) is 29.8 Å². The monoisotopic (exact) mass is 304 g/mol. The van der Waals surface area contributed by atoms with E-state index in [1.165, 1.54) is 0 Å². The lowest BCUT2D eigenvalue weighted by Gasteiger charge is -2.18. The molecule has 0 aliphatic rings. The van der Waals surface area contributed by atoms with Crippen LogP contribution < -0.4 is 0 Å². The van der Waals surface area contributed by atoms with E-state index in [9.17, 15) is 4.79 Å². The smallest absolute Gasteiger partial charge is 0.247 e. The van der Waals surface area contributed by atoms with Crippen molar-refractivity contribution >= 4 is 34.7 Å². The van der Waals surface area contributed by atoms with Gasteiger partial charge in [-0.15, -0.1) is 29.3 Å². The van der Waals surface area contributed by atoms with Crippen molar-refractivity contribution < 1.29 is 4.79 Å². The zero-order valence-corrected chi connectivity index (χ0v) is 12.9. The lowest BCUT2D eigenvalue weighted by molar-refractivity contribution is -0.126. The fraction of sp³-hybridized carbons (Fsp3) is 0.200. The van der Waals surface area contributed by atoms with Crippen LogP contribution in [0.25, 0.3) is 6.08 Å². The third kappa shape index (κ3) is 4.15. The maximum atomic E-state index is 12.2. The molecule has 5 heteroatoms. The summed E-state index contributed by atoms with van der Waals surface area (Å²) in [5.41, 5.74) is 0.829. The fourth-order valence-corrected chi connectivity index (χ4v) is 3.00. The Morgan fingerprint density at radius 1 is 1.50 bits per heavy atom. The van der Waals surface area contributed by atoms with Gasteiger partial charge in [0, 0.05) is 22.9 Å². The van der Waals surface area contributed by atoms with Crippen molar-refractivity contribution in [1.29, 1.82) is 0 Å². The first-order valence-electron chi connectivity index (χ1n) is 6.21. The largest absolute Gasteiger partial charge is 0.330 e. The Morgan fingerprint density at radius 2 is 2.35 bits per heavy atom. The highest BCUT2D eigenvalue weighted by Gasteiger charge is 2.10. The molecule has 0 radical (unpaired) electrons. The van der Waals surface area contributed by atoms with Crippen LogP contribution in [0.5, 0.6) is 0 Å². The van der Waals surface area contributed by atoms with Crippen molar-refractivity contribution in [2.24, 2.45) is 0 Å². The van der Waals surface area contributed by atoms with Gasteiger partial charge in [-0.05, 0) is 24.4 Å². The molecule has 0 saturated carbocycles. The average molecular weight is 304 g/mol. The lowest BCUT2D eigenvalue weighted by Crippen LogP contribution is -2.28. The molecule has 0 fully saturated rings. The number of nitrogens with zero attached hydrogens (tertiary/aromatic N) is 2. The van der Waals surface area contributed by atoms with Crippen LogP contribution in [0.4, 0.5) is 0 Å². The topological polar surface area (TPSA) is 33.2 Å². The standard InChI is InChI=1S/C15H16N2OS2/c1-3-8-17(10-14-5-4-9-19-14)15(18)7-6-13-11-20-12(2)16-13/h3-7,9,11H,1,8,10H2,2H3/b7-6+. The Morgan fingerprint density at radius 3 is 2.95 bits per heavy atom. The number of amides is 1. The first-order valence-corrected chi connectivity index (χ1v) is 7.97. The Labute approximate surface area is 126 Å². The Kier molecular flexibility index (Phi) is 5.26. The van der Waals surface area contributed by atoms with Crippen LogP contribution in [0.2, 0.25) is 0 Å². The predicted molar refractivity (Wildman–Crippen MR) is 85.8 cm³/mol. The van der Waals surface area contributed by atoms with Gasteiger partial charge in [0.1, 0.15) is 0 Å². The third-order valence-corrected chi connectivity index (χ3v) is 4.27. The highest BCUT2D eigenvalue weighted by Crippen LogP contribution is 2.13. The molecule has 3 nitrogen and oxygen atoms in total. The summed E-state index contributed by atoms with van der Waals surface area (Å²) in [5.74, 6) is -0.0241. The summed E-state index contributed by atoms with van der Waals surface area (Å²) in [5, 5.41) is 4.95. The molecule has 0 N–H and O–H groups in total. The average Bonchev–Trinajstić information content (AvgIpc) is 3.07. The molecule has 104 valence electrons. The van der Waals surface area contributed by atoms with Crippen LogP contribution >= 0.6 is 22.7 Å². The zero-order valence-electron chi connectivity index (χ0n) is 11.3. The Bertz CT molecular complexity index is 599. The van der Waals surface area contributed by atoms with Crippen molar-refractivity contribution in [2.45, 2.75) is 13.5 Å². The first-order chi connectivity index (χ1) is 9.69. The van der Waals surface area contributed by atoms with Gasteiger partial charge in [-0.2, -0.15) is 0 Å². The molecule has 0 bridgehead atoms. The van der Waals surface area contributed by atoms with Crippen LogP contribution in [0.15, 0.2) is 41.6 Å². The van der Waals surface area contributed by atoms with Crippen molar-refractivity contribution in [1.82, 2.24) is 9.88 Å². The summed E-state index contributed by atoms with van der Waals surface area (Å²) in [4.78, 5) is 19.4. The van der Waals surface area contributed by atoms with E-state index in [2.05, 4.69) is 11.6 Å². The number of rotatable bonds is 6. The molecule has 2 rings (SSSR count). The van der Waals surface area contributed by atoms with E-state index >= 15 is 0 Å². The molecule has 1 amide bonds. The Balaban J connectivity index is 2.02. The molecule has 0 aromatic carbocycles. The third-order valence-electron chi connectivity index (χ3n) is 2.62. The zero-order chi connectivity index (χ0) is 14.4. The molecule has 2 aromatic rings. The second-order valence-electron chi connectivity index (χ2n) is 4.21. The maximum absolute atomic E-state index is 12.2. The maximum Gasteiger partial charge on any atom is 0.247 e. The molecule has 0 aliphatic heterocycles. The highest BCUT2D eigenvalue weighted by molar-refractivity contribution is 7.10. The number of hydrogen-bond acceptors (Lipinski definition) is 4. The van der Waals surface area contributed by atoms with E-state index in [0.29, 0.717) is 13.1 Å². The normalized spacial score (nSPS) is 10.8. The predicted octanol–water partition coefficient (Wildman–Crippen LogP) is 3.74. The van der Waals surface area contributed by atoms with Gasteiger partial charge in [0.05, 0.1) is 17.2 Å². The highest BCUT2D eigenvalue weighted by atomic mass is 32.1.